The van der Waals surface area contributed by atoms with Crippen molar-refractivity contribution in [3.8, 4) is 0 Å². The Morgan fingerprint density at radius 2 is 2.00 bits per heavy atom. The molecule has 0 radical (unpaired) electrons. The van der Waals surface area contributed by atoms with Crippen molar-refractivity contribution >= 4 is 5.91 Å². The van der Waals surface area contributed by atoms with Crippen LogP contribution >= 0.6 is 0 Å². The maximum Gasteiger partial charge on any atom is 0.228 e. The molecule has 0 aromatic rings. The number of nitrogens with one attached hydrogen (secondary N) is 1. The van der Waals surface area contributed by atoms with Crippen molar-refractivity contribution in [1.82, 2.24) is 10.2 Å². The van der Waals surface area contributed by atoms with Crippen LogP contribution in [-0.2, 0) is 9.53 Å². The van der Waals surface area contributed by atoms with E-state index in [1.54, 1.807) is 0 Å². The highest BCUT2D eigenvalue weighted by molar-refractivity contribution is 5.79. The second-order valence-corrected chi connectivity index (χ2v) is 6.34. The number of amides is 1. The number of hydrogen-bond acceptors (Lipinski definition) is 3. The van der Waals surface area contributed by atoms with Crippen molar-refractivity contribution in [2.45, 2.75) is 51.2 Å². The van der Waals surface area contributed by atoms with Crippen LogP contribution in [-0.4, -0.2) is 49.2 Å². The molecule has 3 heterocycles. The van der Waals surface area contributed by atoms with Crippen LogP contribution in [0.25, 0.3) is 0 Å². The fourth-order valence-electron chi connectivity index (χ4n) is 3.93. The number of carbonyl (C=O) groups is 1. The monoisotopic (exact) mass is 266 g/mol. The van der Waals surface area contributed by atoms with E-state index < -0.39 is 0 Å². The van der Waals surface area contributed by atoms with Gasteiger partial charge in [-0.1, -0.05) is 0 Å². The van der Waals surface area contributed by atoms with Crippen LogP contribution < -0.4 is 5.32 Å². The van der Waals surface area contributed by atoms with Crippen molar-refractivity contribution < 1.29 is 9.53 Å². The van der Waals surface area contributed by atoms with Gasteiger partial charge in [-0.15, -0.1) is 0 Å². The average molecular weight is 266 g/mol. The van der Waals surface area contributed by atoms with Crippen LogP contribution in [0.2, 0.25) is 0 Å². The van der Waals surface area contributed by atoms with E-state index >= 15 is 0 Å². The number of hydrogen-bond donors (Lipinski definition) is 1. The number of nitrogens with zero attached hydrogens (tertiary/aromatic N) is 1. The predicted octanol–water partition coefficient (Wildman–Crippen LogP) is 1.40. The van der Waals surface area contributed by atoms with E-state index in [1.165, 1.54) is 32.2 Å². The van der Waals surface area contributed by atoms with Crippen molar-refractivity contribution in [3.63, 3.8) is 0 Å². The summed E-state index contributed by atoms with van der Waals surface area (Å²) in [4.78, 5) is 14.6. The molecule has 0 aromatic heterocycles. The maximum atomic E-state index is 12.5. The summed E-state index contributed by atoms with van der Waals surface area (Å²) in [7, 11) is 0. The molecule has 19 heavy (non-hydrogen) atoms. The van der Waals surface area contributed by atoms with Crippen molar-refractivity contribution in [1.29, 1.82) is 0 Å². The summed E-state index contributed by atoms with van der Waals surface area (Å²) in [6, 6.07) is 0.714. The van der Waals surface area contributed by atoms with E-state index in [-0.39, 0.29) is 12.0 Å². The number of ether oxygens (including phenoxy) is 1. The highest BCUT2D eigenvalue weighted by atomic mass is 16.5. The van der Waals surface area contributed by atoms with Crippen LogP contribution in [0.1, 0.15) is 39.0 Å². The van der Waals surface area contributed by atoms with E-state index in [0.717, 1.165) is 32.0 Å². The molecule has 3 saturated heterocycles. The third kappa shape index (κ3) is 2.79. The molecule has 1 amide bonds. The van der Waals surface area contributed by atoms with Gasteiger partial charge in [0.25, 0.3) is 0 Å². The largest absolute Gasteiger partial charge is 0.378 e. The van der Waals surface area contributed by atoms with Gasteiger partial charge < -0.3 is 15.0 Å². The zero-order valence-corrected chi connectivity index (χ0v) is 11.9. The summed E-state index contributed by atoms with van der Waals surface area (Å²) >= 11 is 0. The van der Waals surface area contributed by atoms with Gasteiger partial charge in [0.1, 0.15) is 0 Å². The number of carbonyl (C=O) groups excluding carboxylic acids is 1. The van der Waals surface area contributed by atoms with Gasteiger partial charge in [0.15, 0.2) is 0 Å². The van der Waals surface area contributed by atoms with Gasteiger partial charge in [0.05, 0.1) is 12.0 Å². The number of likely N-dealkylation sites (tertiary alicyclic amines) is 1. The van der Waals surface area contributed by atoms with E-state index in [9.17, 15) is 4.79 Å². The molecule has 4 heteroatoms. The molecule has 3 fully saturated rings. The summed E-state index contributed by atoms with van der Waals surface area (Å²) in [6.45, 7) is 5.86. The fraction of sp³-hybridized carbons (Fsp3) is 0.933. The molecular formula is C15H26N2O2. The molecule has 0 spiro atoms. The topological polar surface area (TPSA) is 41.6 Å². The van der Waals surface area contributed by atoms with Crippen molar-refractivity contribution in [2.75, 3.05) is 26.2 Å². The Morgan fingerprint density at radius 3 is 2.58 bits per heavy atom. The minimum atomic E-state index is 0.112. The first-order chi connectivity index (χ1) is 9.25. The Balaban J connectivity index is 1.50. The highest BCUT2D eigenvalue weighted by Crippen LogP contribution is 2.28. The first kappa shape index (κ1) is 13.4. The second-order valence-electron chi connectivity index (χ2n) is 6.34. The molecule has 0 bridgehead atoms. The van der Waals surface area contributed by atoms with Crippen LogP contribution in [0.15, 0.2) is 0 Å². The van der Waals surface area contributed by atoms with E-state index in [4.69, 9.17) is 4.74 Å². The molecule has 3 rings (SSSR count). The third-order valence-electron chi connectivity index (χ3n) is 5.21. The lowest BCUT2D eigenvalue weighted by atomic mass is 9.88. The molecule has 0 saturated carbocycles. The smallest absolute Gasteiger partial charge is 0.228 e. The Kier molecular flexibility index (Phi) is 4.08. The normalized spacial score (nSPS) is 36.9. The van der Waals surface area contributed by atoms with Crippen molar-refractivity contribution in [2.24, 2.45) is 11.8 Å². The molecule has 0 aliphatic carbocycles. The molecule has 4 nitrogen and oxygen atoms in total. The Morgan fingerprint density at radius 1 is 1.21 bits per heavy atom. The minimum absolute atomic E-state index is 0.112. The van der Waals surface area contributed by atoms with E-state index in [1.807, 2.05) is 6.92 Å². The Bertz CT molecular complexity index is 320. The van der Waals surface area contributed by atoms with Crippen LogP contribution in [0.3, 0.4) is 0 Å². The van der Waals surface area contributed by atoms with Gasteiger partial charge in [0.2, 0.25) is 5.91 Å². The van der Waals surface area contributed by atoms with Crippen LogP contribution in [0, 0.1) is 11.8 Å². The second kappa shape index (κ2) is 5.80. The summed E-state index contributed by atoms with van der Waals surface area (Å²) in [6.07, 6.45) is 6.01. The minimum Gasteiger partial charge on any atom is -0.378 e. The van der Waals surface area contributed by atoms with Gasteiger partial charge in [-0.3, -0.25) is 4.79 Å². The Labute approximate surface area is 115 Å². The number of piperidine rings is 1. The quantitative estimate of drug-likeness (QED) is 0.821. The lowest BCUT2D eigenvalue weighted by molar-refractivity contribution is -0.138. The first-order valence-electron chi connectivity index (χ1n) is 7.89. The SMILES string of the molecule is CC1OCCC1C(=O)N1CCC(C2CCCN2)CC1. The molecular weight excluding hydrogens is 240 g/mol. The van der Waals surface area contributed by atoms with Gasteiger partial charge in [0, 0.05) is 25.7 Å². The van der Waals surface area contributed by atoms with Gasteiger partial charge in [-0.2, -0.15) is 0 Å². The van der Waals surface area contributed by atoms with Gasteiger partial charge in [-0.05, 0) is 51.5 Å². The van der Waals surface area contributed by atoms with Crippen LogP contribution in [0.5, 0.6) is 0 Å². The zero-order valence-electron chi connectivity index (χ0n) is 11.9. The number of rotatable bonds is 2. The van der Waals surface area contributed by atoms with Gasteiger partial charge in [-0.25, -0.2) is 0 Å². The molecule has 3 unspecified atom stereocenters. The summed E-state index contributed by atoms with van der Waals surface area (Å²) in [5.41, 5.74) is 0. The summed E-state index contributed by atoms with van der Waals surface area (Å²) in [5, 5.41) is 3.61. The lowest BCUT2D eigenvalue weighted by Crippen LogP contribution is -2.46. The molecule has 1 N–H and O–H groups in total. The van der Waals surface area contributed by atoms with E-state index in [0.29, 0.717) is 11.9 Å². The molecule has 0 aromatic carbocycles. The zero-order chi connectivity index (χ0) is 13.2. The van der Waals surface area contributed by atoms with Gasteiger partial charge >= 0.3 is 0 Å². The molecule has 108 valence electrons. The van der Waals surface area contributed by atoms with Crippen molar-refractivity contribution in [3.05, 3.63) is 0 Å². The lowest BCUT2D eigenvalue weighted by Gasteiger charge is -2.36. The standard InChI is InChI=1S/C15H26N2O2/c1-11-13(6-10-19-11)15(18)17-8-4-12(5-9-17)14-3-2-7-16-14/h11-14,16H,2-10H2,1H3. The van der Waals surface area contributed by atoms with E-state index in [2.05, 4.69) is 10.2 Å². The molecule has 3 aliphatic heterocycles. The molecule has 3 atom stereocenters. The molecule has 3 aliphatic rings. The Hall–Kier alpha value is -0.610. The van der Waals surface area contributed by atoms with Crippen LogP contribution in [0.4, 0.5) is 0 Å². The summed E-state index contributed by atoms with van der Waals surface area (Å²) < 4.78 is 5.52. The predicted molar refractivity (Wildman–Crippen MR) is 73.8 cm³/mol. The highest BCUT2D eigenvalue weighted by Gasteiger charge is 2.36. The third-order valence-corrected chi connectivity index (χ3v) is 5.21. The first-order valence-corrected chi connectivity index (χ1v) is 7.89. The average Bonchev–Trinajstić information content (AvgIpc) is 3.09. The maximum absolute atomic E-state index is 12.5. The fourth-order valence-corrected chi connectivity index (χ4v) is 3.93. The summed E-state index contributed by atoms with van der Waals surface area (Å²) in [5.74, 6) is 1.23.